The van der Waals surface area contributed by atoms with Crippen molar-refractivity contribution in [1.29, 1.82) is 0 Å². The Labute approximate surface area is 184 Å². The number of nitrogens with one attached hydrogen (secondary N) is 2. The Bertz CT molecular complexity index is 1150. The van der Waals surface area contributed by atoms with Crippen LogP contribution in [0, 0.1) is 10.1 Å². The van der Waals surface area contributed by atoms with Gasteiger partial charge in [-0.1, -0.05) is 12.1 Å². The Morgan fingerprint density at radius 3 is 2.00 bits per heavy atom. The molecule has 0 aliphatic rings. The second-order valence-corrected chi connectivity index (χ2v) is 6.24. The minimum absolute atomic E-state index is 0.0967. The molecule has 11 nitrogen and oxygen atoms in total. The van der Waals surface area contributed by atoms with E-state index >= 15 is 0 Å². The fourth-order valence-electron chi connectivity index (χ4n) is 2.76. The van der Waals surface area contributed by atoms with Crippen LogP contribution in [0.15, 0.2) is 36.4 Å². The molecule has 1 heterocycles. The standard InChI is InChI=1S/C19H17F3N6O5/c1-31-13-8-10(9-14(32-2)15(13)33-3)23-17-25-16(19(20,21)22)26-18(27-17)24-11-6-4-5-7-12(11)28(29)30/h4-9H,1-3H3,(H2,23,24,25,26,27). The second-order valence-electron chi connectivity index (χ2n) is 6.24. The monoisotopic (exact) mass is 466 g/mol. The molecule has 0 amide bonds. The molecule has 2 N–H and O–H groups in total. The number of hydrogen-bond donors (Lipinski definition) is 2. The van der Waals surface area contributed by atoms with Gasteiger partial charge in [-0.25, -0.2) is 0 Å². The highest BCUT2D eigenvalue weighted by Crippen LogP contribution is 2.40. The molecule has 0 atom stereocenters. The highest BCUT2D eigenvalue weighted by Gasteiger charge is 2.36. The maximum absolute atomic E-state index is 13.4. The van der Waals surface area contributed by atoms with E-state index in [9.17, 15) is 23.3 Å². The maximum atomic E-state index is 13.4. The quantitative estimate of drug-likeness (QED) is 0.365. The summed E-state index contributed by atoms with van der Waals surface area (Å²) in [5, 5.41) is 16.3. The number of nitro benzene ring substituents is 1. The first-order chi connectivity index (χ1) is 15.7. The molecule has 3 rings (SSSR count). The summed E-state index contributed by atoms with van der Waals surface area (Å²) in [5.41, 5.74) is -0.244. The third kappa shape index (κ3) is 5.28. The number of anilines is 4. The Balaban J connectivity index is 2.04. The first-order valence-corrected chi connectivity index (χ1v) is 9.07. The Hall–Kier alpha value is -4.36. The third-order valence-corrected chi connectivity index (χ3v) is 4.16. The topological polar surface area (TPSA) is 134 Å². The fraction of sp³-hybridized carbons (Fsp3) is 0.211. The smallest absolute Gasteiger partial charge is 0.451 e. The zero-order valence-electron chi connectivity index (χ0n) is 17.4. The lowest BCUT2D eigenvalue weighted by Gasteiger charge is -2.15. The second kappa shape index (κ2) is 9.42. The minimum Gasteiger partial charge on any atom is -0.493 e. The van der Waals surface area contributed by atoms with Crippen LogP contribution >= 0.6 is 0 Å². The van der Waals surface area contributed by atoms with E-state index in [0.717, 1.165) is 0 Å². The van der Waals surface area contributed by atoms with Gasteiger partial charge in [0.2, 0.25) is 23.5 Å². The van der Waals surface area contributed by atoms with Crippen molar-refractivity contribution in [3.8, 4) is 17.2 Å². The number of halogens is 3. The van der Waals surface area contributed by atoms with Gasteiger partial charge in [0.15, 0.2) is 11.5 Å². The molecule has 0 unspecified atom stereocenters. The predicted molar refractivity (Wildman–Crippen MR) is 111 cm³/mol. The van der Waals surface area contributed by atoms with Gasteiger partial charge >= 0.3 is 6.18 Å². The molecule has 0 aliphatic heterocycles. The first kappa shape index (κ1) is 23.3. The molecule has 3 aromatic rings. The van der Waals surface area contributed by atoms with Crippen LogP contribution < -0.4 is 24.8 Å². The van der Waals surface area contributed by atoms with Crippen molar-refractivity contribution in [3.05, 3.63) is 52.3 Å². The summed E-state index contributed by atoms with van der Waals surface area (Å²) in [6, 6.07) is 8.25. The van der Waals surface area contributed by atoms with Gasteiger partial charge in [-0.15, -0.1) is 0 Å². The number of aromatic nitrogens is 3. The van der Waals surface area contributed by atoms with Crippen molar-refractivity contribution in [3.63, 3.8) is 0 Å². The largest absolute Gasteiger partial charge is 0.493 e. The number of rotatable bonds is 8. The summed E-state index contributed by atoms with van der Waals surface area (Å²) >= 11 is 0. The lowest BCUT2D eigenvalue weighted by atomic mass is 10.2. The highest BCUT2D eigenvalue weighted by molar-refractivity contribution is 5.68. The number of methoxy groups -OCH3 is 3. The van der Waals surface area contributed by atoms with E-state index in [1.54, 1.807) is 0 Å². The number of nitrogens with zero attached hydrogens (tertiary/aromatic N) is 4. The average Bonchev–Trinajstić information content (AvgIpc) is 2.77. The van der Waals surface area contributed by atoms with Gasteiger partial charge in [0.25, 0.3) is 5.69 Å². The van der Waals surface area contributed by atoms with Crippen molar-refractivity contribution < 1.29 is 32.3 Å². The van der Waals surface area contributed by atoms with Crippen LogP contribution in [0.1, 0.15) is 5.82 Å². The molecule has 0 bridgehead atoms. The molecule has 33 heavy (non-hydrogen) atoms. The summed E-state index contributed by atoms with van der Waals surface area (Å²) < 4.78 is 55.8. The normalized spacial score (nSPS) is 11.0. The number of nitro groups is 1. The van der Waals surface area contributed by atoms with Gasteiger partial charge < -0.3 is 24.8 Å². The zero-order valence-corrected chi connectivity index (χ0v) is 17.4. The van der Waals surface area contributed by atoms with Crippen LogP contribution in [-0.2, 0) is 6.18 Å². The fourth-order valence-corrected chi connectivity index (χ4v) is 2.76. The molecular weight excluding hydrogens is 449 g/mol. The van der Waals surface area contributed by atoms with E-state index in [4.69, 9.17) is 14.2 Å². The lowest BCUT2D eigenvalue weighted by Crippen LogP contribution is -2.15. The van der Waals surface area contributed by atoms with Crippen LogP contribution in [-0.4, -0.2) is 41.2 Å². The van der Waals surface area contributed by atoms with Crippen molar-refractivity contribution >= 4 is 29.0 Å². The van der Waals surface area contributed by atoms with E-state index in [1.165, 1.54) is 57.7 Å². The summed E-state index contributed by atoms with van der Waals surface area (Å²) in [6.07, 6.45) is -4.91. The highest BCUT2D eigenvalue weighted by atomic mass is 19.4. The van der Waals surface area contributed by atoms with Crippen LogP contribution in [0.25, 0.3) is 0 Å². The molecule has 2 aromatic carbocycles. The van der Waals surface area contributed by atoms with E-state index < -0.39 is 28.8 Å². The Morgan fingerprint density at radius 2 is 1.48 bits per heavy atom. The van der Waals surface area contributed by atoms with E-state index in [-0.39, 0.29) is 34.3 Å². The predicted octanol–water partition coefficient (Wildman–Crippen LogP) is 4.31. The Kier molecular flexibility index (Phi) is 6.65. The zero-order chi connectivity index (χ0) is 24.2. The number of ether oxygens (including phenoxy) is 3. The summed E-state index contributed by atoms with van der Waals surface area (Å²) in [6.45, 7) is 0. The van der Waals surface area contributed by atoms with E-state index in [0.29, 0.717) is 0 Å². The van der Waals surface area contributed by atoms with E-state index in [2.05, 4.69) is 25.6 Å². The van der Waals surface area contributed by atoms with Gasteiger partial charge in [-0.2, -0.15) is 28.1 Å². The van der Waals surface area contributed by atoms with Gasteiger partial charge in [-0.3, -0.25) is 10.1 Å². The van der Waals surface area contributed by atoms with Gasteiger partial charge in [0.05, 0.1) is 26.3 Å². The van der Waals surface area contributed by atoms with E-state index in [1.807, 2.05) is 0 Å². The third-order valence-electron chi connectivity index (χ3n) is 4.16. The molecule has 0 aliphatic carbocycles. The summed E-state index contributed by atoms with van der Waals surface area (Å²) in [4.78, 5) is 21.2. The van der Waals surface area contributed by atoms with Crippen LogP contribution in [0.4, 0.5) is 42.1 Å². The van der Waals surface area contributed by atoms with Crippen molar-refractivity contribution in [2.45, 2.75) is 6.18 Å². The Morgan fingerprint density at radius 1 is 0.909 bits per heavy atom. The van der Waals surface area contributed by atoms with Gasteiger partial charge in [0, 0.05) is 23.9 Å². The number of alkyl halides is 3. The SMILES string of the molecule is COc1cc(Nc2nc(Nc3ccccc3[N+](=O)[O-])nc(C(F)(F)F)n2)cc(OC)c1OC. The molecule has 1 aromatic heterocycles. The number of para-hydroxylation sites is 2. The molecule has 0 saturated heterocycles. The minimum atomic E-state index is -4.91. The van der Waals surface area contributed by atoms with Crippen LogP contribution in [0.2, 0.25) is 0 Å². The van der Waals surface area contributed by atoms with Crippen molar-refractivity contribution in [1.82, 2.24) is 15.0 Å². The molecule has 0 fully saturated rings. The first-order valence-electron chi connectivity index (χ1n) is 9.07. The molecule has 0 radical (unpaired) electrons. The van der Waals surface area contributed by atoms with Crippen molar-refractivity contribution in [2.24, 2.45) is 0 Å². The van der Waals surface area contributed by atoms with Gasteiger partial charge in [0.1, 0.15) is 5.69 Å². The lowest BCUT2D eigenvalue weighted by molar-refractivity contribution is -0.383. The van der Waals surface area contributed by atoms with Gasteiger partial charge in [-0.05, 0) is 6.07 Å². The van der Waals surface area contributed by atoms with Crippen LogP contribution in [0.5, 0.6) is 17.2 Å². The molecule has 0 spiro atoms. The maximum Gasteiger partial charge on any atom is 0.451 e. The summed E-state index contributed by atoms with van der Waals surface area (Å²) in [7, 11) is 4.15. The summed E-state index contributed by atoms with van der Waals surface area (Å²) in [5.74, 6) is -1.79. The van der Waals surface area contributed by atoms with Crippen molar-refractivity contribution in [2.75, 3.05) is 32.0 Å². The average molecular weight is 466 g/mol. The molecule has 174 valence electrons. The van der Waals surface area contributed by atoms with Crippen LogP contribution in [0.3, 0.4) is 0 Å². The molecule has 0 saturated carbocycles. The number of hydrogen-bond acceptors (Lipinski definition) is 10. The molecular formula is C19H17F3N6O5. The molecule has 14 heteroatoms. The number of benzene rings is 2.